The van der Waals surface area contributed by atoms with Gasteiger partial charge in [-0.3, -0.25) is 0 Å². The first-order chi connectivity index (χ1) is 56.8. The molecular weight excluding hydrogens is 1440 g/mol. The Morgan fingerprint density at radius 2 is 0.370 bits per heavy atom. The van der Waals surface area contributed by atoms with E-state index in [2.05, 4.69) is 414 Å². The van der Waals surface area contributed by atoms with Gasteiger partial charge < -0.3 is 10.2 Å². The quantitative estimate of drug-likeness (QED) is 0.0513. The molecule has 0 aliphatic carbocycles. The molecule has 0 spiro atoms. The lowest BCUT2D eigenvalue weighted by atomic mass is 9.76. The average molecular weight is 1570 g/mol. The van der Waals surface area contributed by atoms with E-state index in [4.69, 9.17) is 0 Å². The van der Waals surface area contributed by atoms with E-state index in [1.807, 2.05) is 0 Å². The normalized spacial score (nSPS) is 15.1. The zero-order chi connectivity index (χ0) is 85.1. The topological polar surface area (TPSA) is 40.5 Å². The monoisotopic (exact) mass is 1570 g/mol. The largest absolute Gasteiger partial charge is 0.507 e. The van der Waals surface area contributed by atoms with E-state index >= 15 is 0 Å². The molecule has 13 unspecified atom stereocenters. The summed E-state index contributed by atoms with van der Waals surface area (Å²) >= 11 is 0. The number of phenols is 2. The Labute approximate surface area is 716 Å². The van der Waals surface area contributed by atoms with Crippen LogP contribution in [0.1, 0.15) is 368 Å². The van der Waals surface area contributed by atoms with Crippen molar-refractivity contribution < 1.29 is 10.2 Å². The van der Waals surface area contributed by atoms with Crippen LogP contribution in [0.25, 0.3) is 0 Å². The molecule has 2 heteroatoms. The smallest absolute Gasteiger partial charge is 0.123 e. The van der Waals surface area contributed by atoms with Crippen molar-refractivity contribution in [1.29, 1.82) is 0 Å². The number of hydrogen-bond donors (Lipinski definition) is 2. The zero-order valence-electron chi connectivity index (χ0n) is 75.8. The van der Waals surface area contributed by atoms with Crippen molar-refractivity contribution in [1.82, 2.24) is 0 Å². The summed E-state index contributed by atoms with van der Waals surface area (Å²) in [7, 11) is 0. The molecule has 0 aliphatic heterocycles. The number of aromatic hydroxyl groups is 2. The molecule has 0 radical (unpaired) electrons. The van der Waals surface area contributed by atoms with Gasteiger partial charge >= 0.3 is 0 Å². The van der Waals surface area contributed by atoms with E-state index in [-0.39, 0.29) is 65.1 Å². The molecule has 13 rings (SSSR count). The molecule has 0 fully saturated rings. The maximum atomic E-state index is 13.3. The summed E-state index contributed by atoms with van der Waals surface area (Å²) in [6.45, 7) is 52.6. The Hall–Kier alpha value is -10.5. The lowest BCUT2D eigenvalue weighted by Crippen LogP contribution is -2.12. The zero-order valence-corrected chi connectivity index (χ0v) is 75.8. The maximum Gasteiger partial charge on any atom is 0.123 e. The highest BCUT2D eigenvalue weighted by Gasteiger charge is 2.31. The molecule has 13 aromatic rings. The Morgan fingerprint density at radius 3 is 0.639 bits per heavy atom. The summed E-state index contributed by atoms with van der Waals surface area (Å²) in [5.41, 5.74) is 42.6. The van der Waals surface area contributed by atoms with Crippen LogP contribution in [0.5, 0.6) is 11.5 Å². The van der Waals surface area contributed by atoms with Crippen molar-refractivity contribution >= 4 is 0 Å². The van der Waals surface area contributed by atoms with Crippen molar-refractivity contribution in [3.63, 3.8) is 0 Å². The molecule has 0 aliphatic rings. The average Bonchev–Trinajstić information content (AvgIpc) is 0.714. The van der Waals surface area contributed by atoms with Crippen molar-refractivity contribution in [3.8, 4) is 11.5 Å². The van der Waals surface area contributed by atoms with E-state index in [9.17, 15) is 10.2 Å². The highest BCUT2D eigenvalue weighted by Crippen LogP contribution is 2.49. The lowest BCUT2D eigenvalue weighted by Gasteiger charge is -2.28. The van der Waals surface area contributed by atoms with Gasteiger partial charge in [0.2, 0.25) is 0 Å². The van der Waals surface area contributed by atoms with Gasteiger partial charge in [0.25, 0.3) is 0 Å². The van der Waals surface area contributed by atoms with Crippen LogP contribution in [0.15, 0.2) is 255 Å². The molecule has 612 valence electrons. The van der Waals surface area contributed by atoms with Gasteiger partial charge in [0.05, 0.1) is 0 Å². The fourth-order valence-corrected chi connectivity index (χ4v) is 19.5. The molecule has 119 heavy (non-hydrogen) atoms. The third kappa shape index (κ3) is 18.9. The van der Waals surface area contributed by atoms with Crippen LogP contribution in [0.4, 0.5) is 0 Å². The molecule has 2 nitrogen and oxygen atoms in total. The van der Waals surface area contributed by atoms with E-state index in [1.54, 1.807) is 0 Å². The summed E-state index contributed by atoms with van der Waals surface area (Å²) in [4.78, 5) is 0. The van der Waals surface area contributed by atoms with Crippen LogP contribution in [-0.4, -0.2) is 10.2 Å². The van der Waals surface area contributed by atoms with Gasteiger partial charge in [0.1, 0.15) is 11.5 Å². The van der Waals surface area contributed by atoms with Gasteiger partial charge in [-0.25, -0.2) is 0 Å². The third-order valence-corrected chi connectivity index (χ3v) is 28.5. The van der Waals surface area contributed by atoms with Gasteiger partial charge in [-0.15, -0.1) is 0 Å². The van der Waals surface area contributed by atoms with Gasteiger partial charge in [0, 0.05) is 81.4 Å². The Bertz CT molecular complexity index is 5640. The number of aryl methyl sites for hydroxylation is 11. The lowest BCUT2D eigenvalue weighted by molar-refractivity contribution is 0.456. The summed E-state index contributed by atoms with van der Waals surface area (Å²) in [6.07, 6.45) is 3.06. The standard InChI is InChI=1S/C117H132O2/c1-24-91(58-105(96-49-33-73(6)34-50-96)57-80(13)97-51-35-74(7)106(59-97)85(18)99-53-37-78(11)110(61-99)89(22)103-65-112(83(16)94-45-29-71(4)30-46-94)116(118)113(66-103)84(17)95-47-31-72(5)32-48-95)102-56-40-79(12)111(64-102)90(23)104-67-114(87(20)100-54-38-76(9)108(62-100)82(15)93-43-27-70(3)28-44-93)117(119)115(68-104)88(21)101-55-39-77(10)109(63-101)86(19)98-52-36-75(8)107(60-98)81(14)92-41-25-69(2)26-42-92/h25-56,59-68,80-91,105,118-119H,24,57-58H2,1-23H3. The van der Waals surface area contributed by atoms with Crippen LogP contribution in [0.2, 0.25) is 0 Å². The molecule has 13 atom stereocenters. The molecule has 0 bridgehead atoms. The third-order valence-electron chi connectivity index (χ3n) is 28.5. The van der Waals surface area contributed by atoms with Crippen molar-refractivity contribution in [2.45, 2.75) is 255 Å². The number of rotatable bonds is 28. The van der Waals surface area contributed by atoms with Crippen LogP contribution in [0.3, 0.4) is 0 Å². The van der Waals surface area contributed by atoms with Crippen LogP contribution in [-0.2, 0) is 0 Å². The molecule has 0 aromatic heterocycles. The van der Waals surface area contributed by atoms with Gasteiger partial charge in [-0.2, -0.15) is 0 Å². The first-order valence-electron chi connectivity index (χ1n) is 44.5. The fraction of sp³-hybridized carbons (Fsp3) is 0.333. The SMILES string of the molecule is CCC(CC(CC(C)c1ccc(C)c(C(C)c2ccc(C)c(C(C)c3cc(C(C)c4ccc(C)cc4)c(O)c(C(C)c4ccc(C)cc4)c3)c2)c1)c1ccc(C)cc1)c1ccc(C)c(C(C)c2cc(C(C)c3ccc(C)c(C(C)c4ccc(C)cc4)c3)c(O)c(C(C)c3ccc(C)c(C(C)c4ccc(C)c(C(C)c5ccc(C)cc5)c4)c3)c2)c1. The van der Waals surface area contributed by atoms with Gasteiger partial charge in [-0.1, -0.05) is 366 Å². The molecule has 2 N–H and O–H groups in total. The fourth-order valence-electron chi connectivity index (χ4n) is 19.5. The molecular formula is C117H132O2. The van der Waals surface area contributed by atoms with E-state index in [1.165, 1.54) is 167 Å². The summed E-state index contributed by atoms with van der Waals surface area (Å²) < 4.78 is 0. The van der Waals surface area contributed by atoms with Crippen LogP contribution in [0, 0.1) is 76.2 Å². The first kappa shape index (κ1) is 86.3. The van der Waals surface area contributed by atoms with E-state index in [0.717, 1.165) is 41.5 Å². The molecule has 0 saturated carbocycles. The molecule has 13 aromatic carbocycles. The van der Waals surface area contributed by atoms with Crippen LogP contribution >= 0.6 is 0 Å². The van der Waals surface area contributed by atoms with Crippen molar-refractivity contribution in [2.24, 2.45) is 0 Å². The number of benzene rings is 13. The van der Waals surface area contributed by atoms with Gasteiger partial charge in [0.15, 0.2) is 0 Å². The summed E-state index contributed by atoms with van der Waals surface area (Å²) in [6, 6.07) is 97.6. The van der Waals surface area contributed by atoms with Crippen LogP contribution < -0.4 is 0 Å². The Balaban J connectivity index is 0.805. The minimum atomic E-state index is -0.116. The second-order valence-electron chi connectivity index (χ2n) is 36.7. The second-order valence-corrected chi connectivity index (χ2v) is 36.7. The minimum Gasteiger partial charge on any atom is -0.507 e. The second kappa shape index (κ2) is 37.0. The molecule has 0 heterocycles. The number of hydrogen-bond acceptors (Lipinski definition) is 2. The maximum absolute atomic E-state index is 13.3. The molecule has 0 amide bonds. The Morgan fingerprint density at radius 1 is 0.185 bits per heavy atom. The van der Waals surface area contributed by atoms with E-state index < -0.39 is 0 Å². The predicted octanol–water partition coefficient (Wildman–Crippen LogP) is 31.9. The van der Waals surface area contributed by atoms with E-state index in [0.29, 0.717) is 23.3 Å². The molecule has 0 saturated heterocycles. The first-order valence-corrected chi connectivity index (χ1v) is 44.5. The number of phenolic OH excluding ortho intramolecular Hbond substituents is 2. The summed E-state index contributed by atoms with van der Waals surface area (Å²) in [5.74, 6) is 2.31. The predicted molar refractivity (Wildman–Crippen MR) is 508 cm³/mol. The van der Waals surface area contributed by atoms with Gasteiger partial charge in [-0.05, 0) is 252 Å². The highest BCUT2D eigenvalue weighted by atomic mass is 16.3. The summed E-state index contributed by atoms with van der Waals surface area (Å²) in [5, 5.41) is 25.7. The Kier molecular flexibility index (Phi) is 26.8. The van der Waals surface area contributed by atoms with Crippen molar-refractivity contribution in [2.75, 3.05) is 0 Å². The highest BCUT2D eigenvalue weighted by molar-refractivity contribution is 5.59. The van der Waals surface area contributed by atoms with Crippen molar-refractivity contribution in [3.05, 3.63) is 444 Å². The minimum absolute atomic E-state index is 0.00388.